The van der Waals surface area contributed by atoms with Gasteiger partial charge in [0.1, 0.15) is 5.75 Å². The lowest BCUT2D eigenvalue weighted by Crippen LogP contribution is -2.04. The van der Waals surface area contributed by atoms with Crippen LogP contribution in [0, 0.1) is 27.7 Å². The summed E-state index contributed by atoms with van der Waals surface area (Å²) in [5.74, 6) is 0.420. The zero-order chi connectivity index (χ0) is 10.9. The van der Waals surface area contributed by atoms with Crippen LogP contribution in [0.1, 0.15) is 22.3 Å². The fourth-order valence-electron chi connectivity index (χ4n) is 1.46. The van der Waals surface area contributed by atoms with Gasteiger partial charge in [0, 0.05) is 0 Å². The Labute approximate surface area is 84.7 Å². The lowest BCUT2D eigenvalue weighted by molar-refractivity contribution is 0.405. The minimum absolute atomic E-state index is 0.0934. The van der Waals surface area contributed by atoms with Gasteiger partial charge in [0.05, 0.1) is 0 Å². The van der Waals surface area contributed by atoms with Gasteiger partial charge in [-0.25, -0.2) is 0 Å². The molecular formula is C10H14BO3. The summed E-state index contributed by atoms with van der Waals surface area (Å²) in [4.78, 5) is 0. The van der Waals surface area contributed by atoms with Gasteiger partial charge in [-0.05, 0) is 49.9 Å². The molecule has 75 valence electrons. The normalized spacial score (nSPS) is 10.1. The molecule has 0 saturated heterocycles. The minimum Gasteiger partial charge on any atom is -0.535 e. The minimum atomic E-state index is 0.0934. The second-order valence-electron chi connectivity index (χ2n) is 3.40. The quantitative estimate of drug-likeness (QED) is 0.700. The molecule has 0 aliphatic heterocycles. The van der Waals surface area contributed by atoms with Crippen molar-refractivity contribution in [3.8, 4) is 11.5 Å². The number of rotatable bonds is 2. The molecule has 14 heavy (non-hydrogen) atoms. The van der Waals surface area contributed by atoms with Crippen LogP contribution in [-0.4, -0.2) is 17.8 Å². The molecule has 0 aliphatic rings. The van der Waals surface area contributed by atoms with Crippen LogP contribution in [-0.2, 0) is 0 Å². The van der Waals surface area contributed by atoms with Crippen LogP contribution in [0.2, 0.25) is 0 Å². The Balaban J connectivity index is 3.43. The average Bonchev–Trinajstić information content (AvgIpc) is 2.19. The van der Waals surface area contributed by atoms with Crippen LogP contribution in [0.15, 0.2) is 0 Å². The molecule has 0 bridgehead atoms. The number of aromatic hydroxyl groups is 1. The van der Waals surface area contributed by atoms with E-state index in [4.69, 9.17) is 9.68 Å². The van der Waals surface area contributed by atoms with Gasteiger partial charge in [-0.2, -0.15) is 0 Å². The van der Waals surface area contributed by atoms with Crippen molar-refractivity contribution >= 4 is 7.69 Å². The molecule has 1 aromatic rings. The monoisotopic (exact) mass is 193 g/mol. The molecule has 0 saturated carbocycles. The highest BCUT2D eigenvalue weighted by Crippen LogP contribution is 2.37. The van der Waals surface area contributed by atoms with E-state index in [-0.39, 0.29) is 5.75 Å². The van der Waals surface area contributed by atoms with Gasteiger partial charge >= 0.3 is 7.69 Å². The zero-order valence-electron chi connectivity index (χ0n) is 8.88. The summed E-state index contributed by atoms with van der Waals surface area (Å²) in [6.07, 6.45) is 0. The Morgan fingerprint density at radius 1 is 0.929 bits per heavy atom. The van der Waals surface area contributed by atoms with E-state index in [0.29, 0.717) is 13.4 Å². The summed E-state index contributed by atoms with van der Waals surface area (Å²) >= 11 is 0. The molecule has 4 heteroatoms. The molecule has 0 heterocycles. The number of phenols is 1. The Morgan fingerprint density at radius 2 is 1.43 bits per heavy atom. The number of benzene rings is 1. The highest BCUT2D eigenvalue weighted by Gasteiger charge is 2.15. The molecule has 0 aromatic heterocycles. The van der Waals surface area contributed by atoms with Crippen LogP contribution < -0.4 is 4.65 Å². The SMILES string of the molecule is Cc1c(C)c(C)c(O[B]O)c(O)c1C. The van der Waals surface area contributed by atoms with E-state index < -0.39 is 0 Å². The molecule has 0 amide bonds. The number of phenolic OH excluding ortho intramolecular Hbond substituents is 1. The molecule has 1 aromatic carbocycles. The van der Waals surface area contributed by atoms with Crippen molar-refractivity contribution in [2.45, 2.75) is 27.7 Å². The third-order valence-corrected chi connectivity index (χ3v) is 2.77. The summed E-state index contributed by atoms with van der Waals surface area (Å²) in [6.45, 7) is 7.58. The smallest absolute Gasteiger partial charge is 0.535 e. The summed E-state index contributed by atoms with van der Waals surface area (Å²) in [6, 6.07) is 0. The van der Waals surface area contributed by atoms with Crippen LogP contribution in [0.3, 0.4) is 0 Å². The maximum Gasteiger partial charge on any atom is 0.569 e. The Morgan fingerprint density at radius 3 is 1.93 bits per heavy atom. The zero-order valence-corrected chi connectivity index (χ0v) is 8.88. The van der Waals surface area contributed by atoms with Gasteiger partial charge < -0.3 is 14.8 Å². The Bertz CT molecular complexity index is 332. The fraction of sp³-hybridized carbons (Fsp3) is 0.400. The Kier molecular flexibility index (Phi) is 3.06. The first kappa shape index (κ1) is 10.9. The average molecular weight is 193 g/mol. The molecule has 0 aliphatic carbocycles. The van der Waals surface area contributed by atoms with E-state index in [0.717, 1.165) is 22.3 Å². The maximum absolute atomic E-state index is 9.76. The van der Waals surface area contributed by atoms with Gasteiger partial charge in [0.2, 0.25) is 0 Å². The predicted octanol–water partition coefficient (Wildman–Crippen LogP) is 1.53. The van der Waals surface area contributed by atoms with Crippen molar-refractivity contribution in [2.75, 3.05) is 0 Å². The molecule has 3 nitrogen and oxygen atoms in total. The van der Waals surface area contributed by atoms with E-state index in [2.05, 4.69) is 0 Å². The first-order valence-corrected chi connectivity index (χ1v) is 4.42. The molecule has 2 N–H and O–H groups in total. The van der Waals surface area contributed by atoms with Crippen molar-refractivity contribution in [3.63, 3.8) is 0 Å². The summed E-state index contributed by atoms with van der Waals surface area (Å²) in [7, 11) is 0.580. The second kappa shape index (κ2) is 3.92. The van der Waals surface area contributed by atoms with Gasteiger partial charge in [-0.3, -0.25) is 0 Å². The van der Waals surface area contributed by atoms with E-state index >= 15 is 0 Å². The molecule has 0 unspecified atom stereocenters. The highest BCUT2D eigenvalue weighted by molar-refractivity contribution is 6.17. The maximum atomic E-state index is 9.76. The van der Waals surface area contributed by atoms with Gasteiger partial charge in [0.25, 0.3) is 0 Å². The molecule has 0 fully saturated rings. The van der Waals surface area contributed by atoms with Crippen LogP contribution in [0.25, 0.3) is 0 Å². The molecule has 0 atom stereocenters. The van der Waals surface area contributed by atoms with Crippen molar-refractivity contribution in [2.24, 2.45) is 0 Å². The second-order valence-corrected chi connectivity index (χ2v) is 3.40. The van der Waals surface area contributed by atoms with Crippen LogP contribution >= 0.6 is 0 Å². The molecule has 0 spiro atoms. The third kappa shape index (κ3) is 1.57. The lowest BCUT2D eigenvalue weighted by Gasteiger charge is -2.16. The van der Waals surface area contributed by atoms with Crippen molar-refractivity contribution in [1.82, 2.24) is 0 Å². The van der Waals surface area contributed by atoms with Gasteiger partial charge in [-0.15, -0.1) is 0 Å². The van der Waals surface area contributed by atoms with Crippen LogP contribution in [0.4, 0.5) is 0 Å². The first-order valence-electron chi connectivity index (χ1n) is 4.42. The van der Waals surface area contributed by atoms with E-state index in [1.807, 2.05) is 27.7 Å². The summed E-state index contributed by atoms with van der Waals surface area (Å²) in [5.41, 5.74) is 3.74. The molecular weight excluding hydrogens is 179 g/mol. The lowest BCUT2D eigenvalue weighted by atomic mass is 9.97. The van der Waals surface area contributed by atoms with Crippen LogP contribution in [0.5, 0.6) is 11.5 Å². The largest absolute Gasteiger partial charge is 0.569 e. The summed E-state index contributed by atoms with van der Waals surface area (Å²) < 4.78 is 4.86. The van der Waals surface area contributed by atoms with Crippen molar-refractivity contribution in [1.29, 1.82) is 0 Å². The topological polar surface area (TPSA) is 49.7 Å². The third-order valence-electron chi connectivity index (χ3n) is 2.77. The van der Waals surface area contributed by atoms with E-state index in [1.165, 1.54) is 0 Å². The standard InChI is InChI=1S/C10H14BO3/c1-5-6(2)8(4)10(14-11-13)9(12)7(5)3/h12-13H,1-4H3. The van der Waals surface area contributed by atoms with E-state index in [9.17, 15) is 5.11 Å². The van der Waals surface area contributed by atoms with Crippen molar-refractivity contribution in [3.05, 3.63) is 22.3 Å². The Hall–Kier alpha value is -1.16. The number of hydrogen-bond donors (Lipinski definition) is 2. The van der Waals surface area contributed by atoms with Crippen molar-refractivity contribution < 1.29 is 14.8 Å². The summed E-state index contributed by atoms with van der Waals surface area (Å²) in [5, 5.41) is 18.3. The molecule has 1 radical (unpaired) electrons. The highest BCUT2D eigenvalue weighted by atomic mass is 16.5. The van der Waals surface area contributed by atoms with Gasteiger partial charge in [-0.1, -0.05) is 0 Å². The molecule has 1 rings (SSSR count). The van der Waals surface area contributed by atoms with E-state index in [1.54, 1.807) is 0 Å². The van der Waals surface area contributed by atoms with Gasteiger partial charge in [0.15, 0.2) is 5.75 Å². The number of hydrogen-bond acceptors (Lipinski definition) is 3. The fourth-order valence-corrected chi connectivity index (χ4v) is 1.46. The first-order chi connectivity index (χ1) is 6.50. The predicted molar refractivity (Wildman–Crippen MR) is 55.7 cm³/mol.